The van der Waals surface area contributed by atoms with E-state index in [-0.39, 0.29) is 18.1 Å². The van der Waals surface area contributed by atoms with Crippen molar-refractivity contribution in [2.45, 2.75) is 46.7 Å². The molecular formula is C17H22F3N5O. The summed E-state index contributed by atoms with van der Waals surface area (Å²) in [5.74, 6) is -0.490. The van der Waals surface area contributed by atoms with Crippen LogP contribution in [0.1, 0.15) is 43.0 Å². The molecule has 1 saturated heterocycles. The van der Waals surface area contributed by atoms with E-state index in [0.717, 1.165) is 10.9 Å². The summed E-state index contributed by atoms with van der Waals surface area (Å²) in [5.41, 5.74) is 1.57. The molecule has 6 nitrogen and oxygen atoms in total. The molecule has 0 N–H and O–H groups in total. The number of likely N-dealkylation sites (tertiary alicyclic amines) is 1. The second-order valence-corrected chi connectivity index (χ2v) is 7.33. The van der Waals surface area contributed by atoms with Gasteiger partial charge in [0.05, 0.1) is 6.42 Å². The molecule has 0 spiro atoms. The van der Waals surface area contributed by atoms with Crippen molar-refractivity contribution in [1.82, 2.24) is 24.5 Å². The maximum atomic E-state index is 12.9. The number of hydrogen-bond acceptors (Lipinski definition) is 4. The minimum Gasteiger partial charge on any atom is -0.342 e. The monoisotopic (exact) mass is 369 g/mol. The maximum absolute atomic E-state index is 12.9. The highest BCUT2D eigenvalue weighted by molar-refractivity contribution is 5.79. The van der Waals surface area contributed by atoms with Crippen LogP contribution in [0.4, 0.5) is 13.2 Å². The summed E-state index contributed by atoms with van der Waals surface area (Å²) in [4.78, 5) is 22.1. The molecule has 1 aliphatic rings. The molecule has 0 radical (unpaired) electrons. The van der Waals surface area contributed by atoms with Crippen LogP contribution in [0.5, 0.6) is 0 Å². The van der Waals surface area contributed by atoms with Crippen molar-refractivity contribution in [2.75, 3.05) is 13.1 Å². The van der Waals surface area contributed by atoms with Crippen LogP contribution in [0, 0.1) is 25.7 Å². The molecule has 3 heterocycles. The van der Waals surface area contributed by atoms with Crippen molar-refractivity contribution in [3.63, 3.8) is 0 Å². The third kappa shape index (κ3) is 3.52. The number of aryl methyl sites for hydroxylation is 2. The van der Waals surface area contributed by atoms with E-state index in [4.69, 9.17) is 0 Å². The average molecular weight is 369 g/mol. The van der Waals surface area contributed by atoms with Crippen molar-refractivity contribution < 1.29 is 18.0 Å². The molecule has 2 aromatic rings. The Labute approximate surface area is 149 Å². The van der Waals surface area contributed by atoms with Crippen molar-refractivity contribution in [2.24, 2.45) is 11.8 Å². The molecule has 0 aromatic carbocycles. The Morgan fingerprint density at radius 2 is 1.77 bits per heavy atom. The predicted octanol–water partition coefficient (Wildman–Crippen LogP) is 2.81. The number of aromatic nitrogens is 4. The van der Waals surface area contributed by atoms with Crippen LogP contribution in [-0.2, 0) is 17.4 Å². The fourth-order valence-electron chi connectivity index (χ4n) is 3.71. The average Bonchev–Trinajstić information content (AvgIpc) is 2.94. The van der Waals surface area contributed by atoms with Crippen LogP contribution >= 0.6 is 0 Å². The number of rotatable bonds is 2. The van der Waals surface area contributed by atoms with Crippen LogP contribution in [-0.4, -0.2) is 43.5 Å². The molecule has 0 unspecified atom stereocenters. The first kappa shape index (κ1) is 18.6. The number of hydrogen-bond donors (Lipinski definition) is 0. The largest absolute Gasteiger partial charge is 0.453 e. The number of halogens is 3. The Hall–Kier alpha value is -2.19. The van der Waals surface area contributed by atoms with Crippen molar-refractivity contribution in [3.8, 4) is 0 Å². The molecule has 0 aliphatic carbocycles. The van der Waals surface area contributed by atoms with Gasteiger partial charge in [-0.05, 0) is 32.1 Å². The lowest BCUT2D eigenvalue weighted by molar-refractivity contribution is -0.144. The van der Waals surface area contributed by atoms with Crippen LogP contribution in [0.25, 0.3) is 5.78 Å². The van der Waals surface area contributed by atoms with Gasteiger partial charge in [-0.25, -0.2) is 9.50 Å². The Bertz CT molecular complexity index is 835. The van der Waals surface area contributed by atoms with Crippen molar-refractivity contribution in [3.05, 3.63) is 22.8 Å². The number of nitrogens with zero attached hydrogens (tertiary/aromatic N) is 5. The smallest absolute Gasteiger partial charge is 0.342 e. The van der Waals surface area contributed by atoms with Gasteiger partial charge in [-0.3, -0.25) is 4.79 Å². The molecule has 2 aromatic heterocycles. The predicted molar refractivity (Wildman–Crippen MR) is 88.5 cm³/mol. The first-order chi connectivity index (χ1) is 12.1. The first-order valence-electron chi connectivity index (χ1n) is 8.64. The summed E-state index contributed by atoms with van der Waals surface area (Å²) in [6.45, 7) is 8.97. The molecule has 1 amide bonds. The van der Waals surface area contributed by atoms with Gasteiger partial charge in [0.2, 0.25) is 5.91 Å². The summed E-state index contributed by atoms with van der Waals surface area (Å²) < 4.78 is 39.6. The number of carbonyl (C=O) groups is 1. The van der Waals surface area contributed by atoms with E-state index in [1.807, 2.05) is 4.90 Å². The minimum atomic E-state index is -4.63. The van der Waals surface area contributed by atoms with Crippen molar-refractivity contribution in [1.29, 1.82) is 0 Å². The molecule has 0 saturated carbocycles. The Balaban J connectivity index is 1.91. The van der Waals surface area contributed by atoms with Crippen LogP contribution < -0.4 is 0 Å². The van der Waals surface area contributed by atoms with Gasteiger partial charge in [0.1, 0.15) is 0 Å². The van der Waals surface area contributed by atoms with E-state index < -0.39 is 12.0 Å². The molecule has 2 atom stereocenters. The lowest BCUT2D eigenvalue weighted by Crippen LogP contribution is -2.43. The standard InChI is InChI=1S/C17H22F3N5O/c1-9-5-10(2)8-24(7-9)14(26)6-13-11(3)21-16-22-15(17(18,19)20)23-25(16)12(13)4/h9-10H,5-8H2,1-4H3/t9-,10-/m1/s1. The van der Waals surface area contributed by atoms with Crippen LogP contribution in [0.3, 0.4) is 0 Å². The SMILES string of the molecule is Cc1nc2nc(C(F)(F)F)nn2c(C)c1CC(=O)N1C[C@H](C)C[C@@H](C)C1. The zero-order valence-corrected chi connectivity index (χ0v) is 15.3. The molecule has 26 heavy (non-hydrogen) atoms. The van der Waals surface area contributed by atoms with Crippen LogP contribution in [0.15, 0.2) is 0 Å². The Morgan fingerprint density at radius 1 is 1.15 bits per heavy atom. The fourth-order valence-corrected chi connectivity index (χ4v) is 3.71. The van der Waals surface area contributed by atoms with Gasteiger partial charge in [0.25, 0.3) is 11.6 Å². The highest BCUT2D eigenvalue weighted by Crippen LogP contribution is 2.27. The topological polar surface area (TPSA) is 63.4 Å². The van der Waals surface area contributed by atoms with Gasteiger partial charge in [0, 0.05) is 30.0 Å². The van der Waals surface area contributed by atoms with E-state index >= 15 is 0 Å². The fraction of sp³-hybridized carbons (Fsp3) is 0.647. The number of alkyl halides is 3. The number of amides is 1. The van der Waals surface area contributed by atoms with Gasteiger partial charge < -0.3 is 4.90 Å². The molecule has 142 valence electrons. The lowest BCUT2D eigenvalue weighted by atomic mass is 9.91. The van der Waals surface area contributed by atoms with E-state index in [9.17, 15) is 18.0 Å². The molecule has 3 rings (SSSR count). The molecule has 1 aliphatic heterocycles. The van der Waals surface area contributed by atoms with Crippen molar-refractivity contribution >= 4 is 11.7 Å². The highest BCUT2D eigenvalue weighted by atomic mass is 19.4. The van der Waals surface area contributed by atoms with E-state index in [2.05, 4.69) is 28.9 Å². The minimum absolute atomic E-state index is 0.0353. The number of carbonyl (C=O) groups excluding carboxylic acids is 1. The molecule has 1 fully saturated rings. The van der Waals surface area contributed by atoms with Gasteiger partial charge in [-0.2, -0.15) is 18.2 Å². The van der Waals surface area contributed by atoms with E-state index in [1.165, 1.54) is 0 Å². The third-order valence-electron chi connectivity index (χ3n) is 4.85. The summed E-state index contributed by atoms with van der Waals surface area (Å²) in [7, 11) is 0. The zero-order valence-electron chi connectivity index (χ0n) is 15.3. The van der Waals surface area contributed by atoms with E-state index in [1.54, 1.807) is 13.8 Å². The second-order valence-electron chi connectivity index (χ2n) is 7.33. The van der Waals surface area contributed by atoms with Gasteiger partial charge >= 0.3 is 6.18 Å². The zero-order chi connectivity index (χ0) is 19.2. The molecule has 0 bridgehead atoms. The third-order valence-corrected chi connectivity index (χ3v) is 4.85. The lowest BCUT2D eigenvalue weighted by Gasteiger charge is -2.35. The van der Waals surface area contributed by atoms with E-state index in [0.29, 0.717) is 41.9 Å². The quantitative estimate of drug-likeness (QED) is 0.817. The number of fused-ring (bicyclic) bond motifs is 1. The summed E-state index contributed by atoms with van der Waals surface area (Å²) >= 11 is 0. The summed E-state index contributed by atoms with van der Waals surface area (Å²) in [6, 6.07) is 0. The van der Waals surface area contributed by atoms with Gasteiger partial charge in [-0.15, -0.1) is 5.10 Å². The Kier molecular flexibility index (Phi) is 4.66. The first-order valence-corrected chi connectivity index (χ1v) is 8.64. The number of piperidine rings is 1. The molecule has 9 heteroatoms. The molecular weight excluding hydrogens is 347 g/mol. The van der Waals surface area contributed by atoms with Crippen LogP contribution in [0.2, 0.25) is 0 Å². The Morgan fingerprint density at radius 3 is 2.35 bits per heavy atom. The second kappa shape index (κ2) is 6.51. The summed E-state index contributed by atoms with van der Waals surface area (Å²) in [6.07, 6.45) is -3.44. The normalized spacial score (nSPS) is 21.4. The maximum Gasteiger partial charge on any atom is 0.453 e. The van der Waals surface area contributed by atoms with Gasteiger partial charge in [-0.1, -0.05) is 13.8 Å². The van der Waals surface area contributed by atoms with Gasteiger partial charge in [0.15, 0.2) is 0 Å². The highest BCUT2D eigenvalue weighted by Gasteiger charge is 2.37. The summed E-state index contributed by atoms with van der Waals surface area (Å²) in [5, 5.41) is 3.52.